The Morgan fingerprint density at radius 1 is 1.22 bits per heavy atom. The van der Waals surface area contributed by atoms with E-state index in [1.165, 1.54) is 0 Å². The number of nitrogens with one attached hydrogen (secondary N) is 1. The first-order valence-electron chi connectivity index (χ1n) is 5.68. The summed E-state index contributed by atoms with van der Waals surface area (Å²) in [6, 6.07) is 9.83. The molecule has 3 nitrogen and oxygen atoms in total. The van der Waals surface area contributed by atoms with Gasteiger partial charge in [0, 0.05) is 29.4 Å². The molecule has 1 aromatic heterocycles. The van der Waals surface area contributed by atoms with E-state index >= 15 is 0 Å². The highest BCUT2D eigenvalue weighted by Gasteiger charge is 2.04. The Morgan fingerprint density at radius 2 is 2.00 bits per heavy atom. The van der Waals surface area contributed by atoms with Crippen molar-refractivity contribution in [2.45, 2.75) is 6.54 Å². The fourth-order valence-electron chi connectivity index (χ4n) is 1.73. The van der Waals surface area contributed by atoms with Crippen molar-refractivity contribution in [2.24, 2.45) is 0 Å². The smallest absolute Gasteiger partial charge is 0.212 e. The van der Waals surface area contributed by atoms with E-state index in [9.17, 15) is 0 Å². The van der Waals surface area contributed by atoms with Crippen molar-refractivity contribution in [3.63, 3.8) is 0 Å². The molecule has 1 aromatic carbocycles. The van der Waals surface area contributed by atoms with Gasteiger partial charge in [0.25, 0.3) is 0 Å². The van der Waals surface area contributed by atoms with Crippen LogP contribution in [-0.2, 0) is 6.54 Å². The van der Waals surface area contributed by atoms with Crippen LogP contribution in [0.5, 0.6) is 5.88 Å². The van der Waals surface area contributed by atoms with Gasteiger partial charge in [-0.1, -0.05) is 23.7 Å². The van der Waals surface area contributed by atoms with Crippen molar-refractivity contribution in [3.8, 4) is 17.0 Å². The topological polar surface area (TPSA) is 34.1 Å². The fourth-order valence-corrected chi connectivity index (χ4v) is 1.98. The van der Waals surface area contributed by atoms with Crippen LogP contribution in [-0.4, -0.2) is 19.1 Å². The molecule has 0 saturated carbocycles. The number of benzene rings is 1. The lowest BCUT2D eigenvalue weighted by Crippen LogP contribution is -2.05. The van der Waals surface area contributed by atoms with E-state index in [0.717, 1.165) is 28.3 Å². The van der Waals surface area contributed by atoms with Crippen LogP contribution in [0, 0.1) is 0 Å². The predicted octanol–water partition coefficient (Wildman–Crippen LogP) is 3.13. The molecule has 0 unspecified atom stereocenters. The maximum Gasteiger partial charge on any atom is 0.212 e. The highest BCUT2D eigenvalue weighted by atomic mass is 35.5. The SMILES string of the molecule is CNCc1ccc(-c2ccc(OC)nc2)cc1Cl. The molecule has 18 heavy (non-hydrogen) atoms. The normalized spacial score (nSPS) is 10.4. The molecule has 2 rings (SSSR count). The summed E-state index contributed by atoms with van der Waals surface area (Å²) >= 11 is 6.23. The number of halogens is 1. The van der Waals surface area contributed by atoms with Gasteiger partial charge in [0.15, 0.2) is 0 Å². The third kappa shape index (κ3) is 2.81. The number of pyridine rings is 1. The Bertz CT molecular complexity index is 526. The number of aromatic nitrogens is 1. The molecule has 0 atom stereocenters. The minimum Gasteiger partial charge on any atom is -0.481 e. The molecule has 0 bridgehead atoms. The second-order valence-electron chi connectivity index (χ2n) is 3.93. The molecule has 0 saturated heterocycles. The summed E-state index contributed by atoms with van der Waals surface area (Å²) in [7, 11) is 3.50. The number of nitrogens with zero attached hydrogens (tertiary/aromatic N) is 1. The highest BCUT2D eigenvalue weighted by Crippen LogP contribution is 2.26. The van der Waals surface area contributed by atoms with Crippen LogP contribution in [0.2, 0.25) is 5.02 Å². The lowest BCUT2D eigenvalue weighted by atomic mass is 10.1. The zero-order valence-corrected chi connectivity index (χ0v) is 11.2. The first-order chi connectivity index (χ1) is 8.74. The van der Waals surface area contributed by atoms with Crippen molar-refractivity contribution < 1.29 is 4.74 Å². The van der Waals surface area contributed by atoms with Crippen molar-refractivity contribution in [2.75, 3.05) is 14.2 Å². The van der Waals surface area contributed by atoms with Crippen LogP contribution in [0.4, 0.5) is 0 Å². The summed E-state index contributed by atoms with van der Waals surface area (Å²) in [5, 5.41) is 3.85. The summed E-state index contributed by atoms with van der Waals surface area (Å²) < 4.78 is 5.03. The van der Waals surface area contributed by atoms with Gasteiger partial charge in [-0.2, -0.15) is 0 Å². The van der Waals surface area contributed by atoms with E-state index in [0.29, 0.717) is 5.88 Å². The first kappa shape index (κ1) is 12.9. The molecule has 94 valence electrons. The summed E-state index contributed by atoms with van der Waals surface area (Å²) in [5.41, 5.74) is 3.16. The van der Waals surface area contributed by atoms with Gasteiger partial charge in [0.05, 0.1) is 7.11 Å². The monoisotopic (exact) mass is 262 g/mol. The number of methoxy groups -OCH3 is 1. The summed E-state index contributed by atoms with van der Waals surface area (Å²) in [5.74, 6) is 0.608. The van der Waals surface area contributed by atoms with Gasteiger partial charge in [-0.05, 0) is 30.3 Å². The van der Waals surface area contributed by atoms with Gasteiger partial charge in [-0.15, -0.1) is 0 Å². The van der Waals surface area contributed by atoms with E-state index < -0.39 is 0 Å². The lowest BCUT2D eigenvalue weighted by molar-refractivity contribution is 0.398. The lowest BCUT2D eigenvalue weighted by Gasteiger charge is -2.07. The van der Waals surface area contributed by atoms with Crippen LogP contribution in [0.25, 0.3) is 11.1 Å². The number of rotatable bonds is 4. The van der Waals surface area contributed by atoms with E-state index in [1.807, 2.05) is 37.4 Å². The number of hydrogen-bond donors (Lipinski definition) is 1. The Morgan fingerprint density at radius 3 is 2.56 bits per heavy atom. The van der Waals surface area contributed by atoms with Gasteiger partial charge in [-0.25, -0.2) is 4.98 Å². The van der Waals surface area contributed by atoms with Crippen LogP contribution >= 0.6 is 11.6 Å². The van der Waals surface area contributed by atoms with E-state index in [-0.39, 0.29) is 0 Å². The number of hydrogen-bond acceptors (Lipinski definition) is 3. The predicted molar refractivity (Wildman–Crippen MR) is 74.0 cm³/mol. The van der Waals surface area contributed by atoms with Crippen molar-refractivity contribution in [3.05, 3.63) is 47.1 Å². The molecule has 0 radical (unpaired) electrons. The van der Waals surface area contributed by atoms with Crippen LogP contribution in [0.1, 0.15) is 5.56 Å². The zero-order valence-electron chi connectivity index (χ0n) is 10.4. The number of ether oxygens (including phenoxy) is 1. The van der Waals surface area contributed by atoms with Crippen molar-refractivity contribution >= 4 is 11.6 Å². The first-order valence-corrected chi connectivity index (χ1v) is 6.06. The molecule has 0 amide bonds. The van der Waals surface area contributed by atoms with E-state index in [2.05, 4.69) is 10.3 Å². The standard InChI is InChI=1S/C14H15ClN2O/c1-16-8-12-4-3-10(7-13(12)15)11-5-6-14(18-2)17-9-11/h3-7,9,16H,8H2,1-2H3. The third-order valence-corrected chi connectivity index (χ3v) is 3.05. The molecular weight excluding hydrogens is 248 g/mol. The largest absolute Gasteiger partial charge is 0.481 e. The molecule has 4 heteroatoms. The van der Waals surface area contributed by atoms with Crippen LogP contribution in [0.15, 0.2) is 36.5 Å². The molecule has 0 spiro atoms. The van der Waals surface area contributed by atoms with Gasteiger partial charge in [0.1, 0.15) is 0 Å². The molecule has 1 N–H and O–H groups in total. The molecule has 0 aliphatic heterocycles. The maximum atomic E-state index is 6.23. The highest BCUT2D eigenvalue weighted by molar-refractivity contribution is 6.31. The van der Waals surface area contributed by atoms with Crippen LogP contribution in [0.3, 0.4) is 0 Å². The molecule has 1 heterocycles. The molecule has 2 aromatic rings. The third-order valence-electron chi connectivity index (χ3n) is 2.70. The van der Waals surface area contributed by atoms with Crippen molar-refractivity contribution in [1.82, 2.24) is 10.3 Å². The Hall–Kier alpha value is -1.58. The minimum absolute atomic E-state index is 0.608. The Balaban J connectivity index is 2.30. The van der Waals surface area contributed by atoms with Gasteiger partial charge >= 0.3 is 0 Å². The Labute approximate surface area is 112 Å². The minimum atomic E-state index is 0.608. The molecule has 0 aliphatic carbocycles. The van der Waals surface area contributed by atoms with Crippen LogP contribution < -0.4 is 10.1 Å². The Kier molecular flexibility index (Phi) is 4.18. The van der Waals surface area contributed by atoms with Gasteiger partial charge in [0.2, 0.25) is 5.88 Å². The van der Waals surface area contributed by atoms with Gasteiger partial charge < -0.3 is 10.1 Å². The maximum absolute atomic E-state index is 6.23. The zero-order chi connectivity index (χ0) is 13.0. The average molecular weight is 263 g/mol. The van der Waals surface area contributed by atoms with E-state index in [1.54, 1.807) is 13.3 Å². The van der Waals surface area contributed by atoms with E-state index in [4.69, 9.17) is 16.3 Å². The summed E-state index contributed by atoms with van der Waals surface area (Å²) in [6.07, 6.45) is 1.78. The molecular formula is C14H15ClN2O. The van der Waals surface area contributed by atoms with Crippen molar-refractivity contribution in [1.29, 1.82) is 0 Å². The average Bonchev–Trinajstić information content (AvgIpc) is 2.41. The summed E-state index contributed by atoms with van der Waals surface area (Å²) in [4.78, 5) is 4.18. The second-order valence-corrected chi connectivity index (χ2v) is 4.33. The molecule has 0 fully saturated rings. The second kappa shape index (κ2) is 5.85. The molecule has 0 aliphatic rings. The summed E-state index contributed by atoms with van der Waals surface area (Å²) in [6.45, 7) is 0.764. The fraction of sp³-hybridized carbons (Fsp3) is 0.214. The van der Waals surface area contributed by atoms with Gasteiger partial charge in [-0.3, -0.25) is 0 Å². The quantitative estimate of drug-likeness (QED) is 0.919.